The molecule has 0 saturated heterocycles. The molecule has 0 aliphatic heterocycles. The number of aryl methyl sites for hydroxylation is 2. The number of carbonyl (C=O) groups is 2. The molecule has 2 aromatic heterocycles. The molecule has 0 spiro atoms. The predicted molar refractivity (Wildman–Crippen MR) is 122 cm³/mol. The Balaban J connectivity index is 1.61. The summed E-state index contributed by atoms with van der Waals surface area (Å²) in [5, 5.41) is 23.5. The van der Waals surface area contributed by atoms with Gasteiger partial charge in [0.1, 0.15) is 16.4 Å². The summed E-state index contributed by atoms with van der Waals surface area (Å²) in [6.45, 7) is 4.44. The number of rotatable bonds is 6. The van der Waals surface area contributed by atoms with Crippen molar-refractivity contribution in [3.05, 3.63) is 51.5 Å². The van der Waals surface area contributed by atoms with Crippen LogP contribution in [0.15, 0.2) is 24.3 Å². The van der Waals surface area contributed by atoms with Gasteiger partial charge in [0.2, 0.25) is 0 Å². The van der Waals surface area contributed by atoms with Crippen LogP contribution in [-0.4, -0.2) is 33.7 Å². The lowest BCUT2D eigenvalue weighted by molar-refractivity contribution is 0.0956. The zero-order valence-electron chi connectivity index (χ0n) is 17.7. The maximum absolute atomic E-state index is 12.9. The van der Waals surface area contributed by atoms with Crippen molar-refractivity contribution in [1.82, 2.24) is 15.5 Å². The van der Waals surface area contributed by atoms with E-state index in [2.05, 4.69) is 20.8 Å². The Morgan fingerprint density at radius 2 is 1.97 bits per heavy atom. The van der Waals surface area contributed by atoms with Crippen LogP contribution < -0.4 is 10.6 Å². The Kier molecular flexibility index (Phi) is 6.08. The second kappa shape index (κ2) is 8.93. The van der Waals surface area contributed by atoms with E-state index in [1.54, 1.807) is 12.1 Å². The molecule has 2 amide bonds. The third-order valence-corrected chi connectivity index (χ3v) is 6.74. The van der Waals surface area contributed by atoms with Gasteiger partial charge in [-0.25, -0.2) is 0 Å². The zero-order valence-corrected chi connectivity index (χ0v) is 18.5. The van der Waals surface area contributed by atoms with E-state index in [9.17, 15) is 14.7 Å². The van der Waals surface area contributed by atoms with Gasteiger partial charge in [-0.1, -0.05) is 13.0 Å². The van der Waals surface area contributed by atoms with E-state index in [-0.39, 0.29) is 23.3 Å². The number of aromatic nitrogens is 2. The Morgan fingerprint density at radius 3 is 2.74 bits per heavy atom. The molecule has 7 nitrogen and oxygen atoms in total. The molecule has 0 radical (unpaired) electrons. The first-order valence-electron chi connectivity index (χ1n) is 10.6. The highest BCUT2D eigenvalue weighted by atomic mass is 32.1. The number of fused-ring (bicyclic) bond motifs is 1. The van der Waals surface area contributed by atoms with Crippen molar-refractivity contribution < 1.29 is 14.7 Å². The molecule has 0 bridgehead atoms. The fourth-order valence-electron chi connectivity index (χ4n) is 3.90. The van der Waals surface area contributed by atoms with Gasteiger partial charge in [-0.15, -0.1) is 11.3 Å². The number of H-pyrrole nitrogens is 1. The molecule has 0 atom stereocenters. The standard InChI is InChI=1S/C23H26N4O3S/c1-3-13-9-10-18(28)15(11-13)16-12-17(27-26-16)21(29)25-23-20(22(30)24-4-2)14-7-5-6-8-19(14)31-23/h9-12,28H,3-8H2,1-2H3,(H,24,30)(H,25,29)(H,26,27). The number of hydrogen-bond donors (Lipinski definition) is 4. The number of hydrogen-bond acceptors (Lipinski definition) is 5. The fraction of sp³-hybridized carbons (Fsp3) is 0.348. The van der Waals surface area contributed by atoms with Crippen LogP contribution in [0.2, 0.25) is 0 Å². The minimum absolute atomic E-state index is 0.111. The summed E-state index contributed by atoms with van der Waals surface area (Å²) in [5.41, 5.74) is 4.05. The van der Waals surface area contributed by atoms with E-state index in [4.69, 9.17) is 0 Å². The molecule has 0 saturated carbocycles. The first-order valence-corrected chi connectivity index (χ1v) is 11.4. The highest BCUT2D eigenvalue weighted by molar-refractivity contribution is 7.17. The summed E-state index contributed by atoms with van der Waals surface area (Å²) in [6, 6.07) is 6.98. The van der Waals surface area contributed by atoms with Gasteiger partial charge in [0.25, 0.3) is 11.8 Å². The lowest BCUT2D eigenvalue weighted by Gasteiger charge is -2.12. The molecule has 1 aromatic carbocycles. The summed E-state index contributed by atoms with van der Waals surface area (Å²) in [7, 11) is 0. The van der Waals surface area contributed by atoms with E-state index in [1.165, 1.54) is 16.2 Å². The lowest BCUT2D eigenvalue weighted by Crippen LogP contribution is -2.25. The second-order valence-electron chi connectivity index (χ2n) is 7.60. The van der Waals surface area contributed by atoms with Gasteiger partial charge in [0.05, 0.1) is 11.3 Å². The number of amides is 2. The maximum atomic E-state index is 12.9. The summed E-state index contributed by atoms with van der Waals surface area (Å²) >= 11 is 1.48. The van der Waals surface area contributed by atoms with Crippen molar-refractivity contribution in [2.75, 3.05) is 11.9 Å². The van der Waals surface area contributed by atoms with E-state index in [0.717, 1.165) is 43.2 Å². The third-order valence-electron chi connectivity index (χ3n) is 5.53. The fourth-order valence-corrected chi connectivity index (χ4v) is 5.18. The average Bonchev–Trinajstić information content (AvgIpc) is 3.39. The maximum Gasteiger partial charge on any atom is 0.274 e. The summed E-state index contributed by atoms with van der Waals surface area (Å²) in [4.78, 5) is 26.8. The topological polar surface area (TPSA) is 107 Å². The van der Waals surface area contributed by atoms with Crippen molar-refractivity contribution in [2.45, 2.75) is 46.0 Å². The number of thiophene rings is 1. The van der Waals surface area contributed by atoms with Gasteiger partial charge >= 0.3 is 0 Å². The van der Waals surface area contributed by atoms with E-state index in [1.807, 2.05) is 26.0 Å². The van der Waals surface area contributed by atoms with Crippen LogP contribution in [0.25, 0.3) is 11.3 Å². The van der Waals surface area contributed by atoms with Crippen LogP contribution >= 0.6 is 11.3 Å². The number of benzene rings is 1. The predicted octanol–water partition coefficient (Wildman–Crippen LogP) is 4.29. The third kappa shape index (κ3) is 4.20. The Morgan fingerprint density at radius 1 is 1.16 bits per heavy atom. The quantitative estimate of drug-likeness (QED) is 0.461. The van der Waals surface area contributed by atoms with Crippen LogP contribution in [0.5, 0.6) is 5.75 Å². The van der Waals surface area contributed by atoms with Gasteiger partial charge in [-0.3, -0.25) is 14.7 Å². The monoisotopic (exact) mass is 438 g/mol. The van der Waals surface area contributed by atoms with Crippen LogP contribution in [0.4, 0.5) is 5.00 Å². The first-order chi connectivity index (χ1) is 15.0. The van der Waals surface area contributed by atoms with Gasteiger partial charge in [0.15, 0.2) is 0 Å². The number of carbonyl (C=O) groups excluding carboxylic acids is 2. The van der Waals surface area contributed by atoms with Crippen LogP contribution in [0, 0.1) is 0 Å². The Bertz CT molecular complexity index is 1130. The number of nitrogens with zero attached hydrogens (tertiary/aromatic N) is 1. The lowest BCUT2D eigenvalue weighted by atomic mass is 9.95. The van der Waals surface area contributed by atoms with Crippen molar-refractivity contribution in [2.24, 2.45) is 0 Å². The van der Waals surface area contributed by atoms with E-state index < -0.39 is 0 Å². The molecule has 0 fully saturated rings. The second-order valence-corrected chi connectivity index (χ2v) is 8.71. The Labute approximate surface area is 184 Å². The number of anilines is 1. The number of phenols is 1. The molecular formula is C23H26N4O3S. The smallest absolute Gasteiger partial charge is 0.274 e. The summed E-state index contributed by atoms with van der Waals surface area (Å²) < 4.78 is 0. The molecule has 1 aliphatic carbocycles. The molecule has 162 valence electrons. The molecule has 2 heterocycles. The highest BCUT2D eigenvalue weighted by Crippen LogP contribution is 2.38. The zero-order chi connectivity index (χ0) is 22.0. The van der Waals surface area contributed by atoms with Crippen LogP contribution in [-0.2, 0) is 19.3 Å². The van der Waals surface area contributed by atoms with E-state index in [0.29, 0.717) is 28.4 Å². The average molecular weight is 439 g/mol. The van der Waals surface area contributed by atoms with Gasteiger partial charge in [-0.05, 0) is 68.4 Å². The van der Waals surface area contributed by atoms with Gasteiger partial charge in [0, 0.05) is 17.0 Å². The molecular weight excluding hydrogens is 412 g/mol. The minimum Gasteiger partial charge on any atom is -0.507 e. The van der Waals surface area contributed by atoms with Crippen molar-refractivity contribution in [1.29, 1.82) is 0 Å². The van der Waals surface area contributed by atoms with Crippen LogP contribution in [0.3, 0.4) is 0 Å². The van der Waals surface area contributed by atoms with Crippen molar-refractivity contribution in [3.8, 4) is 17.0 Å². The molecule has 4 N–H and O–H groups in total. The molecule has 1 aliphatic rings. The van der Waals surface area contributed by atoms with Crippen molar-refractivity contribution >= 4 is 28.2 Å². The normalized spacial score (nSPS) is 13.0. The molecule has 8 heteroatoms. The first kappa shape index (κ1) is 21.1. The Hall–Kier alpha value is -3.13. The van der Waals surface area contributed by atoms with Crippen LogP contribution in [0.1, 0.15) is 63.5 Å². The number of nitrogens with one attached hydrogen (secondary N) is 3. The summed E-state index contributed by atoms with van der Waals surface area (Å²) in [6.07, 6.45) is 4.77. The van der Waals surface area contributed by atoms with E-state index >= 15 is 0 Å². The molecule has 0 unspecified atom stereocenters. The van der Waals surface area contributed by atoms with Crippen molar-refractivity contribution in [3.63, 3.8) is 0 Å². The number of phenolic OH excluding ortho intramolecular Hbond substituents is 1. The largest absolute Gasteiger partial charge is 0.507 e. The summed E-state index contributed by atoms with van der Waals surface area (Å²) in [5.74, 6) is -0.405. The van der Waals surface area contributed by atoms with Gasteiger partial charge in [-0.2, -0.15) is 5.10 Å². The van der Waals surface area contributed by atoms with Gasteiger partial charge < -0.3 is 15.7 Å². The molecule has 4 rings (SSSR count). The number of aromatic amines is 1. The number of aromatic hydroxyl groups is 1. The molecule has 31 heavy (non-hydrogen) atoms. The highest BCUT2D eigenvalue weighted by Gasteiger charge is 2.26. The molecule has 3 aromatic rings. The minimum atomic E-state index is -0.367. The SMILES string of the molecule is CCNC(=O)c1c(NC(=O)c2cc(-c3cc(CC)ccc3O)n[nH]2)sc2c1CCCC2.